The molecule has 2 N–H and O–H groups in total. The Kier molecular flexibility index (Phi) is 9.38. The average molecular weight is 529 g/mol. The standard InChI is InChI=1S/C25H22Cl2N4O5/c1-16(36-23-12-9-19(26)14-21(23)27)24(32)29-22(13-17-5-3-2-4-6-17)25(33)30-28-15-18-7-10-20(11-8-18)31(34)35/h2-12,14-16,22H,13H2,1H3,(H,29,32)(H,30,33)/b28-15-/t16-,22-/m1/s1. The van der Waals surface area contributed by atoms with Crippen LogP contribution in [0.3, 0.4) is 0 Å². The fourth-order valence-electron chi connectivity index (χ4n) is 3.09. The number of amides is 2. The van der Waals surface area contributed by atoms with E-state index in [9.17, 15) is 19.7 Å². The maximum Gasteiger partial charge on any atom is 0.269 e. The summed E-state index contributed by atoms with van der Waals surface area (Å²) in [5.41, 5.74) is 3.72. The highest BCUT2D eigenvalue weighted by Crippen LogP contribution is 2.28. The minimum absolute atomic E-state index is 0.0574. The van der Waals surface area contributed by atoms with E-state index >= 15 is 0 Å². The Bertz CT molecular complexity index is 1250. The highest BCUT2D eigenvalue weighted by molar-refractivity contribution is 6.35. The van der Waals surface area contributed by atoms with Crippen LogP contribution in [-0.2, 0) is 16.0 Å². The van der Waals surface area contributed by atoms with Gasteiger partial charge in [0.1, 0.15) is 11.8 Å². The van der Waals surface area contributed by atoms with E-state index in [2.05, 4.69) is 15.8 Å². The quantitative estimate of drug-likeness (QED) is 0.227. The number of benzene rings is 3. The SMILES string of the molecule is C[C@@H](Oc1ccc(Cl)cc1Cl)C(=O)N[C@H](Cc1ccccc1)C(=O)N/N=C\c1ccc([N+](=O)[O-])cc1. The van der Waals surface area contributed by atoms with Crippen LogP contribution >= 0.6 is 23.2 Å². The molecule has 0 bridgehead atoms. The fraction of sp³-hybridized carbons (Fsp3) is 0.160. The Morgan fingerprint density at radius 3 is 2.39 bits per heavy atom. The predicted molar refractivity (Wildman–Crippen MR) is 137 cm³/mol. The molecule has 2 atom stereocenters. The van der Waals surface area contributed by atoms with Crippen molar-refractivity contribution in [2.75, 3.05) is 0 Å². The van der Waals surface area contributed by atoms with Crippen LogP contribution in [0, 0.1) is 10.1 Å². The molecule has 0 radical (unpaired) electrons. The van der Waals surface area contributed by atoms with Crippen LogP contribution in [0.1, 0.15) is 18.1 Å². The molecule has 9 nitrogen and oxygen atoms in total. The Morgan fingerprint density at radius 1 is 1.06 bits per heavy atom. The molecule has 3 aromatic carbocycles. The summed E-state index contributed by atoms with van der Waals surface area (Å²) in [5.74, 6) is -0.806. The highest BCUT2D eigenvalue weighted by atomic mass is 35.5. The Morgan fingerprint density at radius 2 is 1.75 bits per heavy atom. The van der Waals surface area contributed by atoms with Crippen LogP contribution in [0.2, 0.25) is 10.0 Å². The second kappa shape index (κ2) is 12.7. The van der Waals surface area contributed by atoms with Gasteiger partial charge in [0.15, 0.2) is 6.10 Å². The van der Waals surface area contributed by atoms with Crippen LogP contribution in [-0.4, -0.2) is 35.1 Å². The molecule has 0 aromatic heterocycles. The topological polar surface area (TPSA) is 123 Å². The number of nitro groups is 1. The van der Waals surface area contributed by atoms with Gasteiger partial charge in [0.2, 0.25) is 0 Å². The van der Waals surface area contributed by atoms with Gasteiger partial charge >= 0.3 is 0 Å². The summed E-state index contributed by atoms with van der Waals surface area (Å²) in [5, 5.41) is 18.1. The van der Waals surface area contributed by atoms with Crippen molar-refractivity contribution in [3.63, 3.8) is 0 Å². The molecule has 3 aromatic rings. The molecule has 11 heteroatoms. The third kappa shape index (κ3) is 7.79. The van der Waals surface area contributed by atoms with Gasteiger partial charge in [-0.1, -0.05) is 53.5 Å². The maximum atomic E-state index is 12.9. The van der Waals surface area contributed by atoms with Crippen molar-refractivity contribution in [2.24, 2.45) is 5.10 Å². The van der Waals surface area contributed by atoms with Gasteiger partial charge in [0.05, 0.1) is 16.2 Å². The summed E-state index contributed by atoms with van der Waals surface area (Å²) in [6, 6.07) is 18.5. The molecule has 0 heterocycles. The highest BCUT2D eigenvalue weighted by Gasteiger charge is 2.25. The van der Waals surface area contributed by atoms with E-state index < -0.39 is 28.9 Å². The molecule has 0 aliphatic carbocycles. The van der Waals surface area contributed by atoms with Crippen LogP contribution in [0.5, 0.6) is 5.75 Å². The number of hydrazone groups is 1. The largest absolute Gasteiger partial charge is 0.479 e. The first-order chi connectivity index (χ1) is 17.2. The second-order valence-corrected chi connectivity index (χ2v) is 8.51. The minimum Gasteiger partial charge on any atom is -0.479 e. The second-order valence-electron chi connectivity index (χ2n) is 7.67. The molecule has 2 amide bonds. The summed E-state index contributed by atoms with van der Waals surface area (Å²) < 4.78 is 5.65. The molecule has 0 saturated heterocycles. The summed E-state index contributed by atoms with van der Waals surface area (Å²) >= 11 is 12.0. The number of hydrogen-bond donors (Lipinski definition) is 2. The molecule has 0 fully saturated rings. The van der Waals surface area contributed by atoms with Crippen molar-refractivity contribution >= 4 is 46.9 Å². The summed E-state index contributed by atoms with van der Waals surface area (Å²) in [6.45, 7) is 1.53. The number of carbonyl (C=O) groups is 2. The van der Waals surface area contributed by atoms with E-state index in [1.807, 2.05) is 30.3 Å². The number of nitrogens with one attached hydrogen (secondary N) is 2. The van der Waals surface area contributed by atoms with Gasteiger partial charge in [0, 0.05) is 23.6 Å². The first-order valence-corrected chi connectivity index (χ1v) is 11.5. The number of non-ortho nitro benzene ring substituents is 1. The van der Waals surface area contributed by atoms with Gasteiger partial charge in [-0.15, -0.1) is 0 Å². The summed E-state index contributed by atoms with van der Waals surface area (Å²) in [6.07, 6.45) is 0.593. The van der Waals surface area contributed by atoms with Crippen molar-refractivity contribution in [1.82, 2.24) is 10.7 Å². The van der Waals surface area contributed by atoms with E-state index in [4.69, 9.17) is 27.9 Å². The van der Waals surface area contributed by atoms with Gasteiger partial charge < -0.3 is 10.1 Å². The van der Waals surface area contributed by atoms with E-state index in [0.717, 1.165) is 5.56 Å². The van der Waals surface area contributed by atoms with Gasteiger partial charge in [0.25, 0.3) is 17.5 Å². The van der Waals surface area contributed by atoms with Crippen LogP contribution < -0.4 is 15.5 Å². The third-order valence-electron chi connectivity index (χ3n) is 4.97. The minimum atomic E-state index is -0.960. The summed E-state index contributed by atoms with van der Waals surface area (Å²) in [7, 11) is 0. The van der Waals surface area contributed by atoms with Gasteiger partial charge in [-0.05, 0) is 48.4 Å². The van der Waals surface area contributed by atoms with Crippen molar-refractivity contribution in [2.45, 2.75) is 25.5 Å². The van der Waals surface area contributed by atoms with Crippen molar-refractivity contribution in [3.8, 4) is 5.75 Å². The molecule has 3 rings (SSSR count). The summed E-state index contributed by atoms with van der Waals surface area (Å²) in [4.78, 5) is 36.0. The van der Waals surface area contributed by atoms with Crippen LogP contribution in [0.25, 0.3) is 0 Å². The van der Waals surface area contributed by atoms with E-state index in [0.29, 0.717) is 10.6 Å². The maximum absolute atomic E-state index is 12.9. The molecule has 0 aliphatic heterocycles. The van der Waals surface area contributed by atoms with Gasteiger partial charge in [-0.2, -0.15) is 5.10 Å². The van der Waals surface area contributed by atoms with Gasteiger partial charge in [-0.25, -0.2) is 5.43 Å². The molecule has 0 aliphatic rings. The number of ether oxygens (including phenoxy) is 1. The number of nitro benzene ring substituents is 1. The number of hydrogen-bond acceptors (Lipinski definition) is 6. The third-order valence-corrected chi connectivity index (χ3v) is 5.51. The van der Waals surface area contributed by atoms with Crippen molar-refractivity contribution in [3.05, 3.63) is 104 Å². The molecule has 0 unspecified atom stereocenters. The lowest BCUT2D eigenvalue weighted by Crippen LogP contribution is -2.50. The predicted octanol–water partition coefficient (Wildman–Crippen LogP) is 4.55. The van der Waals surface area contributed by atoms with Gasteiger partial charge in [-0.3, -0.25) is 19.7 Å². The molecule has 36 heavy (non-hydrogen) atoms. The molecular weight excluding hydrogens is 507 g/mol. The van der Waals surface area contributed by atoms with Crippen molar-refractivity contribution in [1.29, 1.82) is 0 Å². The number of rotatable bonds is 10. The number of halogens is 2. The lowest BCUT2D eigenvalue weighted by Gasteiger charge is -2.21. The Labute approximate surface area is 217 Å². The fourth-order valence-corrected chi connectivity index (χ4v) is 3.55. The smallest absolute Gasteiger partial charge is 0.269 e. The first kappa shape index (κ1) is 26.7. The lowest BCUT2D eigenvalue weighted by atomic mass is 10.1. The Hall–Kier alpha value is -3.95. The Balaban J connectivity index is 1.67. The zero-order valence-corrected chi connectivity index (χ0v) is 20.6. The molecule has 0 spiro atoms. The van der Waals surface area contributed by atoms with E-state index in [1.165, 1.54) is 43.5 Å². The molecular formula is C25H22Cl2N4O5. The van der Waals surface area contributed by atoms with Crippen LogP contribution in [0.4, 0.5) is 5.69 Å². The zero-order valence-electron chi connectivity index (χ0n) is 19.1. The van der Waals surface area contributed by atoms with E-state index in [-0.39, 0.29) is 22.9 Å². The first-order valence-electron chi connectivity index (χ1n) is 10.8. The normalized spacial score (nSPS) is 12.5. The lowest BCUT2D eigenvalue weighted by molar-refractivity contribution is -0.384. The van der Waals surface area contributed by atoms with Crippen molar-refractivity contribution < 1.29 is 19.2 Å². The average Bonchev–Trinajstić information content (AvgIpc) is 2.86. The zero-order chi connectivity index (χ0) is 26.1. The molecule has 186 valence electrons. The van der Waals surface area contributed by atoms with E-state index in [1.54, 1.807) is 12.1 Å². The monoisotopic (exact) mass is 528 g/mol. The number of carbonyl (C=O) groups excluding carboxylic acids is 2. The number of nitrogens with zero attached hydrogens (tertiary/aromatic N) is 2. The van der Waals surface area contributed by atoms with Crippen LogP contribution in [0.15, 0.2) is 77.9 Å². The molecule has 0 saturated carbocycles.